The Balaban J connectivity index is 1.64. The Morgan fingerprint density at radius 1 is 0.500 bits per heavy atom. The fourth-order valence-electron chi connectivity index (χ4n) is 5.63. The lowest BCUT2D eigenvalue weighted by atomic mass is 9.82. The largest absolute Gasteiger partial charge is 0.0622 e. The molecule has 0 saturated heterocycles. The average molecular weight is 489 g/mol. The first-order valence-electron chi connectivity index (χ1n) is 13.5. The first kappa shape index (κ1) is 23.9. The predicted molar refractivity (Wildman–Crippen MR) is 163 cm³/mol. The molecule has 0 unspecified atom stereocenters. The molecule has 0 aliphatic rings. The summed E-state index contributed by atoms with van der Waals surface area (Å²) in [5.74, 6) is 0. The third-order valence-electron chi connectivity index (χ3n) is 7.53. The molecule has 0 heterocycles. The lowest BCUT2D eigenvalue weighted by Crippen LogP contribution is -2.03. The van der Waals surface area contributed by atoms with E-state index < -0.39 is 0 Å². The molecule has 0 radical (unpaired) electrons. The summed E-state index contributed by atoms with van der Waals surface area (Å²) in [5, 5.41) is 2.65. The minimum Gasteiger partial charge on any atom is -0.0622 e. The highest BCUT2D eigenvalue weighted by atomic mass is 14.2. The van der Waals surface area contributed by atoms with Crippen LogP contribution in [0.15, 0.2) is 140 Å². The minimum atomic E-state index is 0.926. The highest BCUT2D eigenvalue weighted by Crippen LogP contribution is 2.41. The third kappa shape index (κ3) is 5.04. The van der Waals surface area contributed by atoms with Crippen LogP contribution in [0.3, 0.4) is 0 Å². The van der Waals surface area contributed by atoms with E-state index in [2.05, 4.69) is 146 Å². The van der Waals surface area contributed by atoms with Crippen molar-refractivity contribution in [2.24, 2.45) is 0 Å². The summed E-state index contributed by atoms with van der Waals surface area (Å²) in [6, 6.07) is 51.0. The van der Waals surface area contributed by atoms with Gasteiger partial charge in [0.15, 0.2) is 0 Å². The van der Waals surface area contributed by atoms with Gasteiger partial charge in [-0.05, 0) is 81.5 Å². The highest BCUT2D eigenvalue weighted by Gasteiger charge is 2.19. The number of fused-ring (bicyclic) bond motifs is 1. The van der Waals surface area contributed by atoms with Crippen LogP contribution >= 0.6 is 0 Å². The maximum absolute atomic E-state index is 2.45. The van der Waals surface area contributed by atoms with Gasteiger partial charge in [-0.15, -0.1) is 0 Å². The summed E-state index contributed by atoms with van der Waals surface area (Å²) in [7, 11) is 0. The molecule has 0 amide bonds. The number of benzene rings is 6. The third-order valence-corrected chi connectivity index (χ3v) is 7.53. The standard InChI is InChI=1S/C38H32/c1-28-20-23-32(24-21-28)37-36(25-22-29-12-5-2-6-13-29)34(26-30-14-7-3-8-15-30)27-33-18-11-19-35(38(33)37)31-16-9-4-10-17-31/h2-21,23-24,27H,22,25-26H2,1H3. The van der Waals surface area contributed by atoms with Crippen LogP contribution in [-0.4, -0.2) is 0 Å². The van der Waals surface area contributed by atoms with Crippen LogP contribution in [0, 0.1) is 6.92 Å². The molecule has 0 fully saturated rings. The zero-order valence-corrected chi connectivity index (χ0v) is 21.9. The van der Waals surface area contributed by atoms with Crippen molar-refractivity contribution in [1.82, 2.24) is 0 Å². The number of hydrogen-bond acceptors (Lipinski definition) is 0. The van der Waals surface area contributed by atoms with Crippen LogP contribution in [0.4, 0.5) is 0 Å². The van der Waals surface area contributed by atoms with Crippen molar-refractivity contribution >= 4 is 10.8 Å². The van der Waals surface area contributed by atoms with Gasteiger partial charge in [0.1, 0.15) is 0 Å². The van der Waals surface area contributed by atoms with Gasteiger partial charge in [-0.25, -0.2) is 0 Å². The second kappa shape index (κ2) is 10.9. The van der Waals surface area contributed by atoms with Crippen molar-refractivity contribution in [1.29, 1.82) is 0 Å². The molecular weight excluding hydrogens is 456 g/mol. The quantitative estimate of drug-likeness (QED) is 0.210. The Morgan fingerprint density at radius 2 is 1.13 bits per heavy atom. The number of hydrogen-bond donors (Lipinski definition) is 0. The van der Waals surface area contributed by atoms with Gasteiger partial charge in [0.2, 0.25) is 0 Å². The molecule has 6 aromatic carbocycles. The number of aryl methyl sites for hydroxylation is 2. The van der Waals surface area contributed by atoms with Gasteiger partial charge in [-0.1, -0.05) is 145 Å². The molecule has 0 atom stereocenters. The Labute approximate surface area is 226 Å². The molecule has 6 rings (SSSR count). The molecule has 38 heavy (non-hydrogen) atoms. The molecule has 0 bridgehead atoms. The van der Waals surface area contributed by atoms with Gasteiger partial charge >= 0.3 is 0 Å². The fourth-order valence-corrected chi connectivity index (χ4v) is 5.63. The first-order chi connectivity index (χ1) is 18.8. The van der Waals surface area contributed by atoms with Crippen LogP contribution in [0.25, 0.3) is 33.0 Å². The van der Waals surface area contributed by atoms with E-state index in [9.17, 15) is 0 Å². The van der Waals surface area contributed by atoms with Crippen LogP contribution in [0.2, 0.25) is 0 Å². The Kier molecular flexibility index (Phi) is 6.87. The smallest absolute Gasteiger partial charge is 0.00226 e. The second-order valence-electron chi connectivity index (χ2n) is 10.2. The maximum atomic E-state index is 2.45. The molecule has 0 heteroatoms. The maximum Gasteiger partial charge on any atom is -0.00226 e. The van der Waals surface area contributed by atoms with E-state index in [1.165, 1.54) is 60.8 Å². The molecule has 0 spiro atoms. The van der Waals surface area contributed by atoms with Crippen molar-refractivity contribution in [3.8, 4) is 22.3 Å². The lowest BCUT2D eigenvalue weighted by Gasteiger charge is -2.21. The topological polar surface area (TPSA) is 0 Å². The number of rotatable bonds is 7. The molecule has 184 valence electrons. The van der Waals surface area contributed by atoms with Crippen molar-refractivity contribution in [2.45, 2.75) is 26.2 Å². The fraction of sp³-hybridized carbons (Fsp3) is 0.105. The second-order valence-corrected chi connectivity index (χ2v) is 10.2. The molecule has 0 aliphatic carbocycles. The molecule has 0 aromatic heterocycles. The van der Waals surface area contributed by atoms with E-state index in [1.807, 2.05) is 0 Å². The monoisotopic (exact) mass is 488 g/mol. The SMILES string of the molecule is Cc1ccc(-c2c(CCc3ccccc3)c(Cc3ccccc3)cc3cccc(-c4ccccc4)c23)cc1. The average Bonchev–Trinajstić information content (AvgIpc) is 2.97. The Hall–Kier alpha value is -4.42. The molecule has 0 aliphatic heterocycles. The van der Waals surface area contributed by atoms with E-state index >= 15 is 0 Å². The van der Waals surface area contributed by atoms with Gasteiger partial charge in [0.05, 0.1) is 0 Å². The molecular formula is C38H32. The van der Waals surface area contributed by atoms with E-state index in [0.717, 1.165) is 19.3 Å². The summed E-state index contributed by atoms with van der Waals surface area (Å²) < 4.78 is 0. The zero-order chi connectivity index (χ0) is 25.7. The minimum absolute atomic E-state index is 0.926. The van der Waals surface area contributed by atoms with Gasteiger partial charge in [0.25, 0.3) is 0 Å². The van der Waals surface area contributed by atoms with Gasteiger partial charge < -0.3 is 0 Å². The summed E-state index contributed by atoms with van der Waals surface area (Å²) in [4.78, 5) is 0. The van der Waals surface area contributed by atoms with Crippen LogP contribution in [0.5, 0.6) is 0 Å². The van der Waals surface area contributed by atoms with Crippen molar-refractivity contribution in [2.75, 3.05) is 0 Å². The van der Waals surface area contributed by atoms with E-state index in [-0.39, 0.29) is 0 Å². The Morgan fingerprint density at radius 3 is 1.82 bits per heavy atom. The van der Waals surface area contributed by atoms with Crippen molar-refractivity contribution < 1.29 is 0 Å². The summed E-state index contributed by atoms with van der Waals surface area (Å²) >= 11 is 0. The first-order valence-corrected chi connectivity index (χ1v) is 13.5. The van der Waals surface area contributed by atoms with E-state index in [4.69, 9.17) is 0 Å². The lowest BCUT2D eigenvalue weighted by molar-refractivity contribution is 0.942. The Bertz CT molecular complexity index is 1650. The summed E-state index contributed by atoms with van der Waals surface area (Å²) in [6.45, 7) is 2.17. The normalized spacial score (nSPS) is 11.1. The van der Waals surface area contributed by atoms with E-state index in [1.54, 1.807) is 0 Å². The zero-order valence-electron chi connectivity index (χ0n) is 21.9. The molecule has 0 saturated carbocycles. The summed E-state index contributed by atoms with van der Waals surface area (Å²) in [6.07, 6.45) is 2.93. The van der Waals surface area contributed by atoms with Crippen molar-refractivity contribution in [3.63, 3.8) is 0 Å². The molecule has 0 N–H and O–H groups in total. The summed E-state index contributed by atoms with van der Waals surface area (Å²) in [5.41, 5.74) is 12.1. The van der Waals surface area contributed by atoms with Crippen molar-refractivity contribution in [3.05, 3.63) is 167 Å². The van der Waals surface area contributed by atoms with Crippen LogP contribution < -0.4 is 0 Å². The van der Waals surface area contributed by atoms with E-state index in [0.29, 0.717) is 0 Å². The molecule has 0 nitrogen and oxygen atoms in total. The van der Waals surface area contributed by atoms with Gasteiger partial charge in [0, 0.05) is 0 Å². The van der Waals surface area contributed by atoms with Crippen LogP contribution in [-0.2, 0) is 19.3 Å². The highest BCUT2D eigenvalue weighted by molar-refractivity contribution is 6.08. The van der Waals surface area contributed by atoms with Gasteiger partial charge in [-0.3, -0.25) is 0 Å². The van der Waals surface area contributed by atoms with Crippen LogP contribution in [0.1, 0.15) is 27.8 Å². The predicted octanol–water partition coefficient (Wildman–Crippen LogP) is 9.86. The van der Waals surface area contributed by atoms with Gasteiger partial charge in [-0.2, -0.15) is 0 Å². The molecule has 6 aromatic rings.